The standard InChI is InChI=1S/C11H20O3.4C10H18O3.C9H16O4.2C9H16O3.2C8H14O3.4Pb.6Sn/c1-6-9(14-5)8(12)7-10(13)11(2,3)4;1-7(13-5)8(11)6-9(12)10(2,3)4;1-5-10(13-4)9(12)6-8(11)7(2)3;2*1-5-13-8(4)10(12)6-9(11)7(2)3;1-6(12-3)8(10)5-9(11)7(2)13-4;1-6(2)8(10)5-9(11)7(3)12-4;1-4-5-8(10)6-9(11)7(2)12-3;2*1-4-7(9)5-8(10)6(2)11-3;;;;;;;;;;/h7,9,12H,6H2,1-5H3;6-7,11H,1-5H3;6-7,10,12H,5H2,1-4H3;2*6-8,12H,5H2,1-4H3;5-7,10H,1-4H3;5-7,11H,1-4H3;6-7,11H,4-5H2,1-3H3;2*5-6,10H,4H2,1-3H3;;;;;;;;;;/q;;;;;;;;;;10*+1/p-10. The normalized spacial score (nSPS) is 14.6. The monoisotopic (exact) mass is 3330 g/mol. The van der Waals surface area contributed by atoms with Gasteiger partial charge in [-0.2, -0.15) is 0 Å². The van der Waals surface area contributed by atoms with Crippen LogP contribution in [0, 0.1) is 34.5 Å². The molecule has 0 fully saturated rings. The van der Waals surface area contributed by atoms with E-state index in [1.807, 2.05) is 201 Å². The second kappa shape index (κ2) is 97.5. The third kappa shape index (κ3) is 83.8. The molecular formula is C94H158O31Pb4Sn6. The second-order valence-corrected chi connectivity index (χ2v) is 38.5. The number of carbonyl (C=O) groups excluding carboxylic acids is 10. The molecule has 0 spiro atoms. The Morgan fingerprint density at radius 2 is 0.459 bits per heavy atom. The van der Waals surface area contributed by atoms with E-state index in [1.54, 1.807) is 94.2 Å². The summed E-state index contributed by atoms with van der Waals surface area (Å²) in [5.74, 6) is 6.84. The number of rotatable bonds is 54. The van der Waals surface area contributed by atoms with Crippen molar-refractivity contribution < 1.29 is 129 Å². The van der Waals surface area contributed by atoms with Crippen LogP contribution in [0.3, 0.4) is 0 Å². The molecule has 0 amide bonds. The molecule has 760 valence electrons. The topological polar surface area (TPSA) is 365 Å². The molecule has 11 unspecified atom stereocenters. The molecule has 0 rings (SSSR count). The molecule has 0 aromatic carbocycles. The Balaban J connectivity index is -0.000000161. The summed E-state index contributed by atoms with van der Waals surface area (Å²) in [7, 11) is 14.3. The predicted molar refractivity (Wildman–Crippen MR) is 533 cm³/mol. The Morgan fingerprint density at radius 3 is 0.689 bits per heavy atom. The van der Waals surface area contributed by atoms with E-state index < -0.39 is 6.10 Å². The van der Waals surface area contributed by atoms with Gasteiger partial charge in [-0.15, -0.1) is 0 Å². The van der Waals surface area contributed by atoms with Gasteiger partial charge in [0.1, 0.15) is 0 Å². The van der Waals surface area contributed by atoms with E-state index in [4.69, 9.17) is 81.3 Å². The van der Waals surface area contributed by atoms with E-state index in [2.05, 4.69) is 0 Å². The fourth-order valence-electron chi connectivity index (χ4n) is 7.84. The number of carbonyl (C=O) groups is 10. The number of hydrogen-bond donors (Lipinski definition) is 0. The first-order valence-electron chi connectivity index (χ1n) is 43.7. The predicted octanol–water partition coefficient (Wildman–Crippen LogP) is 13.7. The maximum atomic E-state index is 11.8. The summed E-state index contributed by atoms with van der Waals surface area (Å²) in [6, 6.07) is 0. The van der Waals surface area contributed by atoms with Crippen LogP contribution in [-0.4, -0.2) is 445 Å². The van der Waals surface area contributed by atoms with E-state index in [-0.39, 0.29) is 153 Å². The first kappa shape index (κ1) is 155. The summed E-state index contributed by atoms with van der Waals surface area (Å²) < 4.78 is 108. The molecule has 11 atom stereocenters. The van der Waals surface area contributed by atoms with Crippen LogP contribution in [0.15, 0.2) is 118 Å². The number of hydrogen-bond acceptors (Lipinski definition) is 31. The Hall–Kier alpha value is 0.141. The Morgan fingerprint density at radius 1 is 0.259 bits per heavy atom. The van der Waals surface area contributed by atoms with E-state index in [0.29, 0.717) is 195 Å². The van der Waals surface area contributed by atoms with Crippen LogP contribution in [0.1, 0.15) is 246 Å². The zero-order valence-electron chi connectivity index (χ0n) is 87.7. The minimum atomic E-state index is -0.444. The van der Waals surface area contributed by atoms with E-state index >= 15 is 0 Å². The summed E-state index contributed by atoms with van der Waals surface area (Å²) in [6.45, 7) is 57.5. The van der Waals surface area contributed by atoms with Crippen molar-refractivity contribution in [3.05, 3.63) is 118 Å². The van der Waals surface area contributed by atoms with Gasteiger partial charge in [0.05, 0.1) is 0 Å². The molecule has 0 aliphatic rings. The molecule has 0 aliphatic heterocycles. The van der Waals surface area contributed by atoms with Crippen LogP contribution in [0.2, 0.25) is 0 Å². The molecule has 31 nitrogen and oxygen atoms in total. The summed E-state index contributed by atoms with van der Waals surface area (Å²) in [6.07, 6.45) is 17.5. The fraction of sp³-hybridized carbons (Fsp3) is 0.681. The Kier molecular flexibility index (Phi) is 112. The maximum absolute atomic E-state index is 11.8. The fourth-order valence-corrected chi connectivity index (χ4v) is 15.0. The van der Waals surface area contributed by atoms with Gasteiger partial charge in [0.2, 0.25) is 0 Å². The van der Waals surface area contributed by atoms with Crippen LogP contribution in [-0.2, 0) is 129 Å². The summed E-state index contributed by atoms with van der Waals surface area (Å²) in [5.41, 5.74) is -0.731. The van der Waals surface area contributed by atoms with Gasteiger partial charge in [-0.05, 0) is 0 Å². The molecular weight excluding hydrogens is 3170 g/mol. The van der Waals surface area contributed by atoms with E-state index in [0.717, 1.165) is 157 Å². The van der Waals surface area contributed by atoms with Gasteiger partial charge in [-0.25, -0.2) is 0 Å². The van der Waals surface area contributed by atoms with Crippen molar-refractivity contribution in [3.8, 4) is 0 Å². The zero-order chi connectivity index (χ0) is 108. The van der Waals surface area contributed by atoms with Crippen LogP contribution in [0.4, 0.5) is 0 Å². The third-order valence-electron chi connectivity index (χ3n) is 17.9. The van der Waals surface area contributed by atoms with Crippen molar-refractivity contribution in [3.63, 3.8) is 0 Å². The molecule has 0 saturated heterocycles. The molecule has 0 aromatic rings. The molecule has 135 heavy (non-hydrogen) atoms. The van der Waals surface area contributed by atoms with Gasteiger partial charge in [-0.1, -0.05) is 0 Å². The molecule has 0 aliphatic carbocycles. The molecule has 41 heteroatoms. The van der Waals surface area contributed by atoms with Crippen molar-refractivity contribution in [1.82, 2.24) is 0 Å². The first-order chi connectivity index (χ1) is 62.8. The Bertz CT molecular complexity index is 3480. The van der Waals surface area contributed by atoms with Crippen LogP contribution in [0.5, 0.6) is 0 Å². The van der Waals surface area contributed by atoms with Gasteiger partial charge < -0.3 is 0 Å². The molecule has 0 heterocycles. The Labute approximate surface area is 960 Å². The zero-order valence-corrected chi connectivity index (χ0v) is 120. The van der Waals surface area contributed by atoms with Crippen molar-refractivity contribution >= 4 is 300 Å². The summed E-state index contributed by atoms with van der Waals surface area (Å²) in [5, 5.41) is 0. The number of ketones is 10. The second-order valence-electron chi connectivity index (χ2n) is 31.8. The van der Waals surface area contributed by atoms with Crippen molar-refractivity contribution in [1.29, 1.82) is 0 Å². The number of allylic oxidation sites excluding steroid dienone is 9. The van der Waals surface area contributed by atoms with Crippen LogP contribution < -0.4 is 0 Å². The summed E-state index contributed by atoms with van der Waals surface area (Å²) >= 11 is 7.78. The van der Waals surface area contributed by atoms with Gasteiger partial charge in [0.25, 0.3) is 0 Å². The molecule has 0 aromatic heterocycles. The van der Waals surface area contributed by atoms with Gasteiger partial charge in [0, 0.05) is 0 Å². The van der Waals surface area contributed by atoms with Crippen LogP contribution >= 0.6 is 0 Å². The molecule has 0 bridgehead atoms. The minimum absolute atomic E-state index is 0.00442. The molecule has 0 N–H and O–H groups in total. The van der Waals surface area contributed by atoms with Gasteiger partial charge in [0.15, 0.2) is 0 Å². The van der Waals surface area contributed by atoms with Crippen molar-refractivity contribution in [2.45, 2.75) is 313 Å². The number of ether oxygens (including phenoxy) is 11. The van der Waals surface area contributed by atoms with Gasteiger partial charge >= 0.3 is 973 Å². The summed E-state index contributed by atoms with van der Waals surface area (Å²) in [4.78, 5) is 114. The average Bonchev–Trinajstić information content (AvgIpc) is 0.891. The van der Waals surface area contributed by atoms with E-state index in [1.165, 1.54) is 37.5 Å². The number of methoxy groups -OCH3 is 9. The van der Waals surface area contributed by atoms with Crippen molar-refractivity contribution in [2.24, 2.45) is 34.5 Å². The molecule has 30 radical (unpaired) electrons. The van der Waals surface area contributed by atoms with Crippen LogP contribution in [0.25, 0.3) is 0 Å². The quantitative estimate of drug-likeness (QED) is 0.0310. The van der Waals surface area contributed by atoms with E-state index in [9.17, 15) is 47.9 Å². The SMILES string of the molecule is CCC(=O)C=C([O][Pb])C(C)OC.CCC(=O)C=C([O][Sn])C(C)OC.CCC(OC)C(=CC(=O)C(C)(C)C)[O][Sn].CCC(OC)C(=CC(=O)C(C)C)[O][Sn].CCCC(=O)C=C([O][Sn])C(C)OC.CCOC(C)C(=CC(=O)C(C)C)[O][Pb].CCOC(C)C(=CC(=O)C(C)C)[O][Sn].COC(C)C(=CC(=O)C(C)(C)C)[O][Pb].COC(C)C(=CC(=O)C(C)C)[O][Pb].COC(C)C(=O)C=C([O][Sn])C(C)OC. The van der Waals surface area contributed by atoms with Gasteiger partial charge in [-0.3, -0.25) is 0 Å². The average molecular weight is 3330 g/mol. The van der Waals surface area contributed by atoms with Crippen molar-refractivity contribution in [2.75, 3.05) is 77.2 Å². The third-order valence-corrected chi connectivity index (χ3v) is 25.6. The first-order valence-corrected chi connectivity index (χ1v) is 57.1. The molecule has 0 saturated carbocycles.